The number of piperidine rings is 1. The van der Waals surface area contributed by atoms with Crippen LogP contribution in [0.25, 0.3) is 0 Å². The third-order valence-electron chi connectivity index (χ3n) is 3.82. The Morgan fingerprint density at radius 3 is 2.74 bits per heavy atom. The third-order valence-corrected chi connectivity index (χ3v) is 3.82. The summed E-state index contributed by atoms with van der Waals surface area (Å²) >= 11 is 0. The van der Waals surface area contributed by atoms with Crippen molar-refractivity contribution in [3.8, 4) is 11.5 Å². The Labute approximate surface area is 113 Å². The van der Waals surface area contributed by atoms with Crippen LogP contribution in [0.4, 0.5) is 0 Å². The van der Waals surface area contributed by atoms with Crippen molar-refractivity contribution in [2.24, 2.45) is 0 Å². The van der Waals surface area contributed by atoms with Crippen molar-refractivity contribution >= 4 is 6.29 Å². The number of ether oxygens (including phenoxy) is 2. The fourth-order valence-electron chi connectivity index (χ4n) is 2.83. The first kappa shape index (κ1) is 12.5. The van der Waals surface area contributed by atoms with Crippen LogP contribution in [0.15, 0.2) is 12.1 Å². The number of carbonyl (C=O) groups is 1. The molecule has 0 spiro atoms. The molecule has 4 heteroatoms. The molecule has 1 aromatic carbocycles. The molecule has 3 rings (SSSR count). The average Bonchev–Trinajstić information content (AvgIpc) is 2.73. The van der Waals surface area contributed by atoms with Crippen molar-refractivity contribution in [2.75, 3.05) is 26.3 Å². The predicted octanol–water partition coefficient (Wildman–Crippen LogP) is 2.13. The normalized spacial score (nSPS) is 22.6. The minimum atomic E-state index is 0.449. The first-order valence-electron chi connectivity index (χ1n) is 6.98. The van der Waals surface area contributed by atoms with E-state index in [4.69, 9.17) is 9.47 Å². The van der Waals surface area contributed by atoms with E-state index in [1.54, 1.807) is 0 Å². The summed E-state index contributed by atoms with van der Waals surface area (Å²) in [6.45, 7) is 3.32. The van der Waals surface area contributed by atoms with Crippen LogP contribution >= 0.6 is 0 Å². The molecule has 1 fully saturated rings. The second kappa shape index (κ2) is 5.61. The van der Waals surface area contributed by atoms with Crippen LogP contribution in [-0.4, -0.2) is 32.6 Å². The summed E-state index contributed by atoms with van der Waals surface area (Å²) < 4.78 is 11.6. The number of fused-ring (bicyclic) bond motifs is 1. The van der Waals surface area contributed by atoms with E-state index in [2.05, 4.69) is 5.32 Å². The van der Waals surface area contributed by atoms with Gasteiger partial charge in [-0.2, -0.15) is 0 Å². The minimum absolute atomic E-state index is 0.449. The number of carbonyl (C=O) groups excluding carboxylic acids is 1. The highest BCUT2D eigenvalue weighted by atomic mass is 16.5. The third kappa shape index (κ3) is 2.45. The van der Waals surface area contributed by atoms with Crippen LogP contribution in [0, 0.1) is 0 Å². The van der Waals surface area contributed by atoms with Gasteiger partial charge in [0.1, 0.15) is 0 Å². The molecule has 0 amide bonds. The molecule has 0 bridgehead atoms. The monoisotopic (exact) mass is 261 g/mol. The van der Waals surface area contributed by atoms with Crippen LogP contribution in [0.1, 0.15) is 41.1 Å². The maximum atomic E-state index is 11.1. The molecule has 1 N–H and O–H groups in total. The Morgan fingerprint density at radius 1 is 1.16 bits per heavy atom. The highest BCUT2D eigenvalue weighted by Gasteiger charge is 2.25. The van der Waals surface area contributed by atoms with Crippen molar-refractivity contribution in [3.63, 3.8) is 0 Å². The fourth-order valence-corrected chi connectivity index (χ4v) is 2.83. The van der Waals surface area contributed by atoms with E-state index in [9.17, 15) is 4.79 Å². The Hall–Kier alpha value is -1.55. The molecule has 19 heavy (non-hydrogen) atoms. The summed E-state index contributed by atoms with van der Waals surface area (Å²) in [5.41, 5.74) is 1.76. The highest BCUT2D eigenvalue weighted by Crippen LogP contribution is 2.41. The molecule has 0 aliphatic carbocycles. The largest absolute Gasteiger partial charge is 0.489 e. The smallest absolute Gasteiger partial charge is 0.171 e. The molecule has 1 unspecified atom stereocenters. The molecule has 2 aliphatic rings. The Morgan fingerprint density at radius 2 is 2.00 bits per heavy atom. The van der Waals surface area contributed by atoms with E-state index in [1.165, 1.54) is 12.0 Å². The molecule has 0 radical (unpaired) electrons. The van der Waals surface area contributed by atoms with Crippen molar-refractivity contribution in [2.45, 2.75) is 25.2 Å². The van der Waals surface area contributed by atoms with Crippen LogP contribution < -0.4 is 14.8 Å². The van der Waals surface area contributed by atoms with Crippen molar-refractivity contribution in [1.82, 2.24) is 5.32 Å². The van der Waals surface area contributed by atoms with E-state index in [0.29, 0.717) is 30.4 Å². The molecule has 4 nitrogen and oxygen atoms in total. The zero-order valence-electron chi connectivity index (χ0n) is 11.0. The molecule has 2 aliphatic heterocycles. The molecule has 1 saturated heterocycles. The van der Waals surface area contributed by atoms with Gasteiger partial charge in [-0.05, 0) is 25.5 Å². The van der Waals surface area contributed by atoms with E-state index in [-0.39, 0.29) is 0 Å². The van der Waals surface area contributed by atoms with Gasteiger partial charge in [-0.3, -0.25) is 4.79 Å². The zero-order chi connectivity index (χ0) is 13.1. The van der Waals surface area contributed by atoms with E-state index < -0.39 is 0 Å². The summed E-state index contributed by atoms with van der Waals surface area (Å²) in [6.07, 6.45) is 4.03. The summed E-state index contributed by atoms with van der Waals surface area (Å²) in [7, 11) is 0. The van der Waals surface area contributed by atoms with Crippen molar-refractivity contribution in [1.29, 1.82) is 0 Å². The lowest BCUT2D eigenvalue weighted by Gasteiger charge is -2.25. The SMILES string of the molecule is O=Cc1ccc(C2CCCNC2)c2c1OCCCO2. The molecular weight excluding hydrogens is 242 g/mol. The average molecular weight is 261 g/mol. The number of benzene rings is 1. The number of aldehydes is 1. The van der Waals surface area contributed by atoms with Gasteiger partial charge in [0.25, 0.3) is 0 Å². The lowest BCUT2D eigenvalue weighted by Crippen LogP contribution is -2.28. The molecule has 1 aromatic rings. The number of rotatable bonds is 2. The number of hydrogen-bond acceptors (Lipinski definition) is 4. The summed E-state index contributed by atoms with van der Waals surface area (Å²) in [5, 5.41) is 3.42. The number of hydrogen-bond donors (Lipinski definition) is 1. The van der Waals surface area contributed by atoms with Gasteiger partial charge >= 0.3 is 0 Å². The Kier molecular flexibility index (Phi) is 3.69. The lowest BCUT2D eigenvalue weighted by molar-refractivity contribution is 0.111. The van der Waals surface area contributed by atoms with Gasteiger partial charge < -0.3 is 14.8 Å². The van der Waals surface area contributed by atoms with Gasteiger partial charge in [0.05, 0.1) is 18.8 Å². The van der Waals surface area contributed by atoms with Gasteiger partial charge in [-0.1, -0.05) is 6.07 Å². The van der Waals surface area contributed by atoms with Crippen LogP contribution in [-0.2, 0) is 0 Å². The van der Waals surface area contributed by atoms with Crippen molar-refractivity contribution in [3.05, 3.63) is 23.3 Å². The second-order valence-corrected chi connectivity index (χ2v) is 5.11. The molecule has 0 saturated carbocycles. The maximum Gasteiger partial charge on any atom is 0.171 e. The molecule has 1 atom stereocenters. The van der Waals surface area contributed by atoms with Crippen LogP contribution in [0.2, 0.25) is 0 Å². The first-order valence-corrected chi connectivity index (χ1v) is 6.98. The predicted molar refractivity (Wildman–Crippen MR) is 72.3 cm³/mol. The fraction of sp³-hybridized carbons (Fsp3) is 0.533. The standard InChI is InChI=1S/C15H19NO3/c17-10-12-4-5-13(11-3-1-6-16-9-11)15-14(12)18-7-2-8-19-15/h4-5,10-11,16H,1-3,6-9H2. The van der Waals surface area contributed by atoms with E-state index >= 15 is 0 Å². The number of nitrogens with one attached hydrogen (secondary N) is 1. The minimum Gasteiger partial charge on any atom is -0.489 e. The van der Waals surface area contributed by atoms with Crippen LogP contribution in [0.3, 0.4) is 0 Å². The Bertz CT molecular complexity index is 467. The first-order chi connectivity index (χ1) is 9.40. The van der Waals surface area contributed by atoms with Crippen LogP contribution in [0.5, 0.6) is 11.5 Å². The van der Waals surface area contributed by atoms with Crippen molar-refractivity contribution < 1.29 is 14.3 Å². The molecule has 0 aromatic heterocycles. The highest BCUT2D eigenvalue weighted by molar-refractivity contribution is 5.82. The summed E-state index contributed by atoms with van der Waals surface area (Å²) in [6, 6.07) is 3.87. The zero-order valence-corrected chi connectivity index (χ0v) is 11.0. The van der Waals surface area contributed by atoms with E-state index in [1.807, 2.05) is 12.1 Å². The second-order valence-electron chi connectivity index (χ2n) is 5.11. The summed E-state index contributed by atoms with van der Waals surface area (Å²) in [5.74, 6) is 1.87. The van der Waals surface area contributed by atoms with Gasteiger partial charge in [-0.25, -0.2) is 0 Å². The van der Waals surface area contributed by atoms with Gasteiger partial charge in [0, 0.05) is 24.4 Å². The molecular formula is C15H19NO3. The maximum absolute atomic E-state index is 11.1. The van der Waals surface area contributed by atoms with Gasteiger partial charge in [-0.15, -0.1) is 0 Å². The molecule has 2 heterocycles. The van der Waals surface area contributed by atoms with E-state index in [0.717, 1.165) is 38.0 Å². The quantitative estimate of drug-likeness (QED) is 0.828. The lowest BCUT2D eigenvalue weighted by atomic mass is 9.90. The van der Waals surface area contributed by atoms with Gasteiger partial charge in [0.15, 0.2) is 17.8 Å². The molecule has 102 valence electrons. The summed E-state index contributed by atoms with van der Waals surface area (Å²) in [4.78, 5) is 11.1. The Balaban J connectivity index is 2.01. The van der Waals surface area contributed by atoms with Gasteiger partial charge in [0.2, 0.25) is 0 Å². The topological polar surface area (TPSA) is 47.6 Å².